The summed E-state index contributed by atoms with van der Waals surface area (Å²) in [7, 11) is 0. The van der Waals surface area contributed by atoms with Gasteiger partial charge >= 0.3 is 0 Å². The van der Waals surface area contributed by atoms with Gasteiger partial charge in [-0.05, 0) is 5.41 Å². The second kappa shape index (κ2) is 2.93. The van der Waals surface area contributed by atoms with Crippen molar-refractivity contribution in [1.29, 1.82) is 0 Å². The monoisotopic (exact) mass is 218 g/mol. The summed E-state index contributed by atoms with van der Waals surface area (Å²) in [5.74, 6) is 0.754. The Bertz CT molecular complexity index is 239. The molecule has 0 radical (unpaired) electrons. The Morgan fingerprint density at radius 1 is 1.45 bits per heavy atom. The molecule has 4 heteroatoms. The lowest BCUT2D eigenvalue weighted by Crippen LogP contribution is -2.10. The molecule has 1 aromatic rings. The molecule has 0 saturated carbocycles. The third-order valence-electron chi connectivity index (χ3n) is 1.13. The average molecular weight is 219 g/mol. The Labute approximate surface area is 74.3 Å². The maximum absolute atomic E-state index is 4.77. The lowest BCUT2D eigenvalue weighted by Gasteiger charge is -2.14. The highest BCUT2D eigenvalue weighted by Crippen LogP contribution is 2.19. The second-order valence-electron chi connectivity index (χ2n) is 3.70. The van der Waals surface area contributed by atoms with Gasteiger partial charge < -0.3 is 4.52 Å². The molecule has 62 valence electrons. The Kier molecular flexibility index (Phi) is 2.32. The maximum Gasteiger partial charge on any atom is 0.293 e. The number of hydrogen-bond donors (Lipinski definition) is 0. The molecule has 0 bridgehead atoms. The van der Waals surface area contributed by atoms with Crippen LogP contribution in [-0.2, 0) is 6.42 Å². The zero-order valence-electron chi connectivity index (χ0n) is 6.89. The van der Waals surface area contributed by atoms with Crippen molar-refractivity contribution in [1.82, 2.24) is 10.1 Å². The SMILES string of the molecule is CC(C)(C)Cc1noc(Br)n1. The first-order valence-electron chi connectivity index (χ1n) is 3.45. The third kappa shape index (κ3) is 3.01. The van der Waals surface area contributed by atoms with E-state index in [0.29, 0.717) is 4.80 Å². The molecule has 0 amide bonds. The van der Waals surface area contributed by atoms with E-state index in [9.17, 15) is 0 Å². The number of halogens is 1. The molecule has 0 aliphatic carbocycles. The number of rotatable bonds is 1. The summed E-state index contributed by atoms with van der Waals surface area (Å²) in [6.45, 7) is 6.41. The van der Waals surface area contributed by atoms with Crippen LogP contribution in [0.25, 0.3) is 0 Å². The van der Waals surface area contributed by atoms with Crippen molar-refractivity contribution in [2.45, 2.75) is 27.2 Å². The largest absolute Gasteiger partial charge is 0.327 e. The fourth-order valence-corrected chi connectivity index (χ4v) is 1.06. The van der Waals surface area contributed by atoms with Crippen LogP contribution in [0.1, 0.15) is 26.6 Å². The van der Waals surface area contributed by atoms with E-state index in [-0.39, 0.29) is 5.41 Å². The molecule has 0 aromatic carbocycles. The molecule has 0 unspecified atom stereocenters. The summed E-state index contributed by atoms with van der Waals surface area (Å²) in [4.78, 5) is 4.49. The quantitative estimate of drug-likeness (QED) is 0.727. The van der Waals surface area contributed by atoms with Crippen molar-refractivity contribution < 1.29 is 4.52 Å². The van der Waals surface area contributed by atoms with Gasteiger partial charge in [-0.1, -0.05) is 25.9 Å². The fourth-order valence-electron chi connectivity index (χ4n) is 0.779. The van der Waals surface area contributed by atoms with E-state index in [4.69, 9.17) is 4.52 Å². The summed E-state index contributed by atoms with van der Waals surface area (Å²) in [6.07, 6.45) is 0.835. The molecule has 0 N–H and O–H groups in total. The first-order valence-corrected chi connectivity index (χ1v) is 4.25. The van der Waals surface area contributed by atoms with Crippen LogP contribution >= 0.6 is 15.9 Å². The molecule has 0 atom stereocenters. The van der Waals surface area contributed by atoms with Gasteiger partial charge in [0.1, 0.15) is 0 Å². The van der Waals surface area contributed by atoms with Crippen molar-refractivity contribution in [3.05, 3.63) is 10.6 Å². The fraction of sp³-hybridized carbons (Fsp3) is 0.714. The molecule has 11 heavy (non-hydrogen) atoms. The van der Waals surface area contributed by atoms with Gasteiger partial charge in [0.15, 0.2) is 5.82 Å². The summed E-state index contributed by atoms with van der Waals surface area (Å²) < 4.78 is 4.77. The highest BCUT2D eigenvalue weighted by molar-refractivity contribution is 9.10. The van der Waals surface area contributed by atoms with Crippen molar-refractivity contribution in [2.75, 3.05) is 0 Å². The van der Waals surface area contributed by atoms with Gasteiger partial charge in [-0.15, -0.1) is 0 Å². The van der Waals surface area contributed by atoms with E-state index >= 15 is 0 Å². The van der Waals surface area contributed by atoms with E-state index in [1.807, 2.05) is 0 Å². The van der Waals surface area contributed by atoms with Gasteiger partial charge in [-0.3, -0.25) is 0 Å². The first-order chi connectivity index (χ1) is 4.97. The van der Waals surface area contributed by atoms with E-state index < -0.39 is 0 Å². The minimum Gasteiger partial charge on any atom is -0.327 e. The topological polar surface area (TPSA) is 38.9 Å². The summed E-state index contributed by atoms with van der Waals surface area (Å²) in [5, 5.41) is 3.77. The van der Waals surface area contributed by atoms with E-state index in [1.54, 1.807) is 0 Å². The summed E-state index contributed by atoms with van der Waals surface area (Å²) in [6, 6.07) is 0. The highest BCUT2D eigenvalue weighted by Gasteiger charge is 2.15. The van der Waals surface area contributed by atoms with Crippen LogP contribution in [0.15, 0.2) is 9.32 Å². The smallest absolute Gasteiger partial charge is 0.293 e. The molecule has 1 aromatic heterocycles. The van der Waals surface area contributed by atoms with Gasteiger partial charge in [0.05, 0.1) is 0 Å². The first kappa shape index (κ1) is 8.71. The predicted molar refractivity (Wildman–Crippen MR) is 45.2 cm³/mol. The van der Waals surface area contributed by atoms with Gasteiger partial charge in [-0.25, -0.2) is 0 Å². The molecule has 0 aliphatic rings. The van der Waals surface area contributed by atoms with Gasteiger partial charge in [0.25, 0.3) is 4.80 Å². The number of aromatic nitrogens is 2. The molecule has 0 saturated heterocycles. The third-order valence-corrected chi connectivity index (χ3v) is 1.45. The molecule has 0 aliphatic heterocycles. The van der Waals surface area contributed by atoms with Crippen molar-refractivity contribution >= 4 is 15.9 Å². The normalized spacial score (nSPS) is 12.0. The van der Waals surface area contributed by atoms with Crippen molar-refractivity contribution in [3.63, 3.8) is 0 Å². The lowest BCUT2D eigenvalue weighted by atomic mass is 9.92. The molecular weight excluding hydrogens is 208 g/mol. The molecule has 0 fully saturated rings. The van der Waals surface area contributed by atoms with Crippen molar-refractivity contribution in [2.24, 2.45) is 5.41 Å². The predicted octanol–water partition coefficient (Wildman–Crippen LogP) is 2.42. The van der Waals surface area contributed by atoms with Crippen LogP contribution in [0.2, 0.25) is 0 Å². The molecule has 1 heterocycles. The standard InChI is InChI=1S/C7H11BrN2O/c1-7(2,3)4-5-9-6(8)11-10-5/h4H2,1-3H3. The molecule has 3 nitrogen and oxygen atoms in total. The van der Waals surface area contributed by atoms with Gasteiger partial charge in [-0.2, -0.15) is 4.98 Å². The zero-order valence-corrected chi connectivity index (χ0v) is 8.47. The van der Waals surface area contributed by atoms with Crippen LogP contribution in [0, 0.1) is 5.41 Å². The minimum absolute atomic E-state index is 0.212. The van der Waals surface area contributed by atoms with Crippen molar-refractivity contribution in [3.8, 4) is 0 Å². The van der Waals surface area contributed by atoms with Crippen LogP contribution in [0.4, 0.5) is 0 Å². The lowest BCUT2D eigenvalue weighted by molar-refractivity contribution is 0.363. The Hall–Kier alpha value is -0.380. The van der Waals surface area contributed by atoms with E-state index in [0.717, 1.165) is 12.2 Å². The molecule has 0 spiro atoms. The van der Waals surface area contributed by atoms with Crippen LogP contribution in [-0.4, -0.2) is 10.1 Å². The highest BCUT2D eigenvalue weighted by atomic mass is 79.9. The molecular formula is C7H11BrN2O. The Morgan fingerprint density at radius 2 is 2.09 bits per heavy atom. The second-order valence-corrected chi connectivity index (χ2v) is 4.38. The van der Waals surface area contributed by atoms with E-state index in [1.165, 1.54) is 0 Å². The van der Waals surface area contributed by atoms with Crippen LogP contribution < -0.4 is 0 Å². The van der Waals surface area contributed by atoms with E-state index in [2.05, 4.69) is 46.8 Å². The van der Waals surface area contributed by atoms with Gasteiger partial charge in [0.2, 0.25) is 0 Å². The van der Waals surface area contributed by atoms with Crippen LogP contribution in [0.3, 0.4) is 0 Å². The van der Waals surface area contributed by atoms with Gasteiger partial charge in [0, 0.05) is 22.4 Å². The number of hydrogen-bond acceptors (Lipinski definition) is 3. The summed E-state index contributed by atoms with van der Waals surface area (Å²) in [5.41, 5.74) is 0.212. The number of nitrogens with zero attached hydrogens (tertiary/aromatic N) is 2. The minimum atomic E-state index is 0.212. The summed E-state index contributed by atoms with van der Waals surface area (Å²) >= 11 is 3.10. The Balaban J connectivity index is 2.65. The van der Waals surface area contributed by atoms with Crippen LogP contribution in [0.5, 0.6) is 0 Å². The molecule has 1 rings (SSSR count). The average Bonchev–Trinajstić information content (AvgIpc) is 2.10. The maximum atomic E-state index is 4.77. The Morgan fingerprint density at radius 3 is 2.45 bits per heavy atom. The zero-order chi connectivity index (χ0) is 8.48.